The standard InChI is InChI=1S/C37H28FN5O3/c38-34-19-30(22-43(34)37(44)45-23-24-10-11-25-5-1-2-6-27(25)17-24)46-33-9-3-7-26-12-13-31(41-36(26)33)32-21-40-35-18-28(14-16-42(32)35)29-8-4-15-39-20-29/h1-18,20-21,30,34H,19,22-23H2/t30-,34-/m0/s1. The number of pyridine rings is 3. The summed E-state index contributed by atoms with van der Waals surface area (Å²) in [5.74, 6) is 0.524. The van der Waals surface area contributed by atoms with E-state index >= 15 is 4.39 Å². The van der Waals surface area contributed by atoms with Crippen LogP contribution in [0, 0.1) is 0 Å². The molecular formula is C37H28FN5O3. The third-order valence-electron chi connectivity index (χ3n) is 8.35. The molecule has 9 heteroatoms. The molecule has 7 aromatic rings. The number of halogens is 1. The number of amides is 1. The lowest BCUT2D eigenvalue weighted by atomic mass is 10.1. The summed E-state index contributed by atoms with van der Waals surface area (Å²) < 4.78 is 28.9. The van der Waals surface area contributed by atoms with Gasteiger partial charge in [-0.2, -0.15) is 0 Å². The Morgan fingerprint density at radius 1 is 0.870 bits per heavy atom. The number of likely N-dealkylation sites (tertiary alicyclic amines) is 1. The third-order valence-corrected chi connectivity index (χ3v) is 8.35. The number of aromatic nitrogens is 4. The molecule has 0 radical (unpaired) electrons. The van der Waals surface area contributed by atoms with Crippen LogP contribution >= 0.6 is 0 Å². The van der Waals surface area contributed by atoms with Crippen molar-refractivity contribution in [1.82, 2.24) is 24.3 Å². The van der Waals surface area contributed by atoms with E-state index in [9.17, 15) is 4.79 Å². The van der Waals surface area contributed by atoms with E-state index in [1.165, 1.54) is 0 Å². The van der Waals surface area contributed by atoms with Crippen molar-refractivity contribution < 1.29 is 18.7 Å². The second kappa shape index (κ2) is 11.6. The lowest BCUT2D eigenvalue weighted by molar-refractivity contribution is 0.0634. The van der Waals surface area contributed by atoms with Crippen LogP contribution < -0.4 is 4.74 Å². The van der Waals surface area contributed by atoms with Crippen molar-refractivity contribution in [3.63, 3.8) is 0 Å². The van der Waals surface area contributed by atoms with E-state index in [0.717, 1.165) is 54.8 Å². The van der Waals surface area contributed by atoms with Gasteiger partial charge in [0.25, 0.3) is 0 Å². The predicted molar refractivity (Wildman–Crippen MR) is 174 cm³/mol. The molecule has 46 heavy (non-hydrogen) atoms. The van der Waals surface area contributed by atoms with Gasteiger partial charge in [-0.15, -0.1) is 0 Å². The molecule has 1 fully saturated rings. The van der Waals surface area contributed by atoms with Crippen molar-refractivity contribution in [3.8, 4) is 28.3 Å². The Kier molecular flexibility index (Phi) is 6.98. The number of ether oxygens (including phenoxy) is 2. The van der Waals surface area contributed by atoms with Gasteiger partial charge in [-0.3, -0.25) is 14.3 Å². The number of carbonyl (C=O) groups is 1. The number of rotatable bonds is 6. The van der Waals surface area contributed by atoms with Crippen LogP contribution in [0.4, 0.5) is 9.18 Å². The number of imidazole rings is 1. The molecule has 1 amide bonds. The average Bonchev–Trinajstić information content (AvgIpc) is 3.70. The fourth-order valence-corrected chi connectivity index (χ4v) is 6.00. The molecule has 8 nitrogen and oxygen atoms in total. The third kappa shape index (κ3) is 5.26. The Labute approximate surface area is 263 Å². The summed E-state index contributed by atoms with van der Waals surface area (Å²) in [6.45, 7) is 0.128. The highest BCUT2D eigenvalue weighted by molar-refractivity contribution is 5.87. The van der Waals surface area contributed by atoms with Crippen LogP contribution in [0.3, 0.4) is 0 Å². The Balaban J connectivity index is 0.989. The number of alkyl halides is 1. The molecule has 8 rings (SSSR count). The molecule has 1 aliphatic heterocycles. The van der Waals surface area contributed by atoms with Gasteiger partial charge in [0.2, 0.25) is 0 Å². The molecular weight excluding hydrogens is 581 g/mol. The molecule has 1 saturated heterocycles. The second-order valence-corrected chi connectivity index (χ2v) is 11.4. The van der Waals surface area contributed by atoms with Crippen molar-refractivity contribution in [2.45, 2.75) is 25.4 Å². The summed E-state index contributed by atoms with van der Waals surface area (Å²) >= 11 is 0. The first-order valence-electron chi connectivity index (χ1n) is 15.1. The number of benzene rings is 3. The number of carbonyl (C=O) groups excluding carboxylic acids is 1. The van der Waals surface area contributed by atoms with E-state index < -0.39 is 18.5 Å². The fourth-order valence-electron chi connectivity index (χ4n) is 6.00. The van der Waals surface area contributed by atoms with E-state index in [2.05, 4.69) is 9.97 Å². The molecule has 0 spiro atoms. The zero-order valence-corrected chi connectivity index (χ0v) is 24.7. The highest BCUT2D eigenvalue weighted by Crippen LogP contribution is 2.32. The topological polar surface area (TPSA) is 81.8 Å². The van der Waals surface area contributed by atoms with Crippen molar-refractivity contribution in [3.05, 3.63) is 127 Å². The molecule has 0 N–H and O–H groups in total. The molecule has 5 heterocycles. The van der Waals surface area contributed by atoms with E-state index in [4.69, 9.17) is 14.5 Å². The zero-order valence-electron chi connectivity index (χ0n) is 24.7. The molecule has 1 aliphatic rings. The number of nitrogens with zero attached hydrogens (tertiary/aromatic N) is 5. The highest BCUT2D eigenvalue weighted by atomic mass is 19.1. The summed E-state index contributed by atoms with van der Waals surface area (Å²) in [6.07, 6.45) is 4.61. The summed E-state index contributed by atoms with van der Waals surface area (Å²) in [5.41, 5.74) is 5.86. The minimum Gasteiger partial charge on any atom is -0.486 e. The maximum absolute atomic E-state index is 15.1. The first kappa shape index (κ1) is 27.7. The zero-order chi connectivity index (χ0) is 31.0. The van der Waals surface area contributed by atoms with E-state index in [-0.39, 0.29) is 19.6 Å². The van der Waals surface area contributed by atoms with Crippen molar-refractivity contribution >= 4 is 33.4 Å². The van der Waals surface area contributed by atoms with Gasteiger partial charge >= 0.3 is 6.09 Å². The van der Waals surface area contributed by atoms with E-state index in [1.54, 1.807) is 12.4 Å². The summed E-state index contributed by atoms with van der Waals surface area (Å²) in [7, 11) is 0. The summed E-state index contributed by atoms with van der Waals surface area (Å²) in [4.78, 5) is 27.8. The van der Waals surface area contributed by atoms with Crippen LogP contribution in [0.5, 0.6) is 5.75 Å². The SMILES string of the molecule is O=C(OCc1ccc2ccccc2c1)N1C[C@@H](Oc2cccc3ccc(-c4cnc5cc(-c6cccnc6)ccn45)nc23)C[C@H]1F. The Bertz CT molecular complexity index is 2220. The smallest absolute Gasteiger partial charge is 0.412 e. The molecule has 0 unspecified atom stereocenters. The number of fused-ring (bicyclic) bond motifs is 3. The lowest BCUT2D eigenvalue weighted by Gasteiger charge is -2.19. The van der Waals surface area contributed by atoms with Gasteiger partial charge in [-0.25, -0.2) is 19.2 Å². The number of hydrogen-bond donors (Lipinski definition) is 0. The normalized spacial score (nSPS) is 16.3. The maximum Gasteiger partial charge on any atom is 0.412 e. The van der Waals surface area contributed by atoms with Gasteiger partial charge in [0, 0.05) is 36.0 Å². The van der Waals surface area contributed by atoms with Gasteiger partial charge in [-0.1, -0.05) is 60.7 Å². The van der Waals surface area contributed by atoms with Gasteiger partial charge in [0.1, 0.15) is 29.6 Å². The van der Waals surface area contributed by atoms with Gasteiger partial charge in [0.15, 0.2) is 6.30 Å². The molecule has 0 bridgehead atoms. The van der Waals surface area contributed by atoms with E-state index in [0.29, 0.717) is 11.3 Å². The van der Waals surface area contributed by atoms with Crippen LogP contribution in [-0.2, 0) is 11.3 Å². The fraction of sp³-hybridized carbons (Fsp3) is 0.135. The van der Waals surface area contributed by atoms with Crippen LogP contribution in [0.1, 0.15) is 12.0 Å². The van der Waals surface area contributed by atoms with Gasteiger partial charge in [-0.05, 0) is 58.3 Å². The van der Waals surface area contributed by atoms with Crippen LogP contribution in [-0.4, -0.2) is 49.3 Å². The molecule has 2 atom stereocenters. The molecule has 0 saturated carbocycles. The van der Waals surface area contributed by atoms with Crippen LogP contribution in [0.25, 0.3) is 49.8 Å². The largest absolute Gasteiger partial charge is 0.486 e. The molecule has 4 aromatic heterocycles. The first-order valence-corrected chi connectivity index (χ1v) is 15.1. The lowest BCUT2D eigenvalue weighted by Crippen LogP contribution is -2.34. The van der Waals surface area contributed by atoms with Gasteiger partial charge in [0.05, 0.1) is 24.1 Å². The van der Waals surface area contributed by atoms with Crippen LogP contribution in [0.15, 0.2) is 122 Å². The van der Waals surface area contributed by atoms with Crippen molar-refractivity contribution in [2.24, 2.45) is 0 Å². The Morgan fingerprint density at radius 2 is 1.74 bits per heavy atom. The summed E-state index contributed by atoms with van der Waals surface area (Å²) in [5, 5.41) is 3.04. The van der Waals surface area contributed by atoms with Gasteiger partial charge < -0.3 is 9.47 Å². The predicted octanol–water partition coefficient (Wildman–Crippen LogP) is 7.85. The molecule has 0 aliphatic carbocycles. The maximum atomic E-state index is 15.1. The number of para-hydroxylation sites is 1. The quantitative estimate of drug-likeness (QED) is 0.179. The minimum atomic E-state index is -1.51. The Hall–Kier alpha value is -5.83. The monoisotopic (exact) mass is 609 g/mol. The average molecular weight is 610 g/mol. The minimum absolute atomic E-state index is 0.0354. The first-order chi connectivity index (χ1) is 22.6. The number of hydrogen-bond acceptors (Lipinski definition) is 6. The Morgan fingerprint density at radius 3 is 2.63 bits per heavy atom. The van der Waals surface area contributed by atoms with E-state index in [1.807, 2.05) is 114 Å². The summed E-state index contributed by atoms with van der Waals surface area (Å²) in [6, 6.07) is 31.4. The second-order valence-electron chi connectivity index (χ2n) is 11.4. The molecule has 226 valence electrons. The van der Waals surface area contributed by atoms with Crippen LogP contribution in [0.2, 0.25) is 0 Å². The van der Waals surface area contributed by atoms with Crippen molar-refractivity contribution in [2.75, 3.05) is 6.54 Å². The van der Waals surface area contributed by atoms with Crippen molar-refractivity contribution in [1.29, 1.82) is 0 Å². The molecule has 3 aromatic carbocycles. The highest BCUT2D eigenvalue weighted by Gasteiger charge is 2.38.